The molecule has 148 valence electrons. The maximum atomic E-state index is 12.5. The normalized spacial score (nSPS) is 22.8. The third-order valence-corrected chi connectivity index (χ3v) is 5.48. The number of carboxylic acid groups (broad SMARTS) is 1. The Balaban J connectivity index is 2.43. The van der Waals surface area contributed by atoms with Crippen LogP contribution in [0.1, 0.15) is 27.7 Å². The van der Waals surface area contributed by atoms with Gasteiger partial charge in [-0.3, -0.25) is 14.5 Å². The van der Waals surface area contributed by atoms with E-state index in [0.29, 0.717) is 4.90 Å². The third kappa shape index (κ3) is 4.18. The average molecular weight is 400 g/mol. The summed E-state index contributed by atoms with van der Waals surface area (Å²) >= 11 is 0. The zero-order chi connectivity index (χ0) is 20.7. The molecule has 1 saturated heterocycles. The summed E-state index contributed by atoms with van der Waals surface area (Å²) in [5.74, 6) is -5.20. The van der Waals surface area contributed by atoms with E-state index in [-0.39, 0.29) is 5.57 Å². The molecule has 27 heavy (non-hydrogen) atoms. The lowest BCUT2D eigenvalue weighted by atomic mass is 10.0. The number of carboxylic acids is 1. The van der Waals surface area contributed by atoms with Crippen LogP contribution in [0, 0.1) is 0 Å². The Hall–Kier alpha value is -2.69. The quantitative estimate of drug-likeness (QED) is 0.310. The molecule has 0 aromatic carbocycles. The van der Waals surface area contributed by atoms with Crippen LogP contribution in [-0.2, 0) is 38.5 Å². The zero-order valence-corrected chi connectivity index (χ0v) is 15.9. The van der Waals surface area contributed by atoms with Gasteiger partial charge in [0, 0.05) is 18.6 Å². The van der Waals surface area contributed by atoms with Gasteiger partial charge >= 0.3 is 11.9 Å². The van der Waals surface area contributed by atoms with Gasteiger partial charge in [0.15, 0.2) is 15.2 Å². The van der Waals surface area contributed by atoms with Crippen molar-refractivity contribution in [3.63, 3.8) is 0 Å². The van der Waals surface area contributed by atoms with Crippen molar-refractivity contribution in [3.05, 3.63) is 22.9 Å². The van der Waals surface area contributed by atoms with Crippen LogP contribution in [0.4, 0.5) is 0 Å². The van der Waals surface area contributed by atoms with Crippen LogP contribution in [0.5, 0.6) is 0 Å². The second-order valence-corrected chi connectivity index (χ2v) is 9.05. The molecule has 0 spiro atoms. The predicted octanol–water partition coefficient (Wildman–Crippen LogP) is -1.58. The molecule has 1 amide bonds. The van der Waals surface area contributed by atoms with Crippen molar-refractivity contribution in [2.75, 3.05) is 12.4 Å². The maximum absolute atomic E-state index is 12.5. The molecule has 10 nitrogen and oxygen atoms in total. The Morgan fingerprint density at radius 3 is 2.37 bits per heavy atom. The molecule has 0 saturated carbocycles. The predicted molar refractivity (Wildman–Crippen MR) is 87.0 cm³/mol. The molecule has 2 aliphatic heterocycles. The first-order valence-electron chi connectivity index (χ1n) is 7.81. The number of sulfone groups is 1. The zero-order valence-electron chi connectivity index (χ0n) is 15.1. The minimum atomic E-state index is -4.07. The number of ether oxygens (including phenoxy) is 2. The van der Waals surface area contributed by atoms with Gasteiger partial charge in [-0.25, -0.2) is 13.2 Å². The number of hydrogen-bond donors (Lipinski definition) is 0. The number of β-lactam (4-membered cyclic amide) rings is 1. The van der Waals surface area contributed by atoms with E-state index in [1.165, 1.54) is 0 Å². The van der Waals surface area contributed by atoms with Crippen LogP contribution in [0.15, 0.2) is 22.9 Å². The summed E-state index contributed by atoms with van der Waals surface area (Å²) in [6, 6.07) is 0. The summed E-state index contributed by atoms with van der Waals surface area (Å²) in [5.41, 5.74) is -2.22. The lowest BCUT2D eigenvalue weighted by Crippen LogP contribution is -2.63. The van der Waals surface area contributed by atoms with Gasteiger partial charge in [-0.05, 0) is 20.8 Å². The first kappa shape index (κ1) is 20.6. The summed E-state index contributed by atoms with van der Waals surface area (Å²) < 4.78 is 34.7. The van der Waals surface area contributed by atoms with Crippen molar-refractivity contribution in [1.82, 2.24) is 4.90 Å². The van der Waals surface area contributed by atoms with E-state index in [1.807, 2.05) is 0 Å². The Kier molecular flexibility index (Phi) is 5.19. The number of rotatable bonds is 4. The van der Waals surface area contributed by atoms with Crippen molar-refractivity contribution in [3.8, 4) is 0 Å². The molecule has 11 heteroatoms. The minimum absolute atomic E-state index is 0.286. The van der Waals surface area contributed by atoms with Crippen molar-refractivity contribution < 1.29 is 42.2 Å². The van der Waals surface area contributed by atoms with Gasteiger partial charge in [-0.1, -0.05) is 0 Å². The Morgan fingerprint density at radius 1 is 1.30 bits per heavy atom. The smallest absolute Gasteiger partial charge is 0.331 e. The fourth-order valence-corrected chi connectivity index (χ4v) is 4.63. The fraction of sp³-hybridized carbons (Fsp3) is 0.500. The van der Waals surface area contributed by atoms with E-state index in [1.54, 1.807) is 20.8 Å². The molecule has 0 aromatic heterocycles. The lowest BCUT2D eigenvalue weighted by Gasteiger charge is -2.46. The molecule has 0 bridgehead atoms. The minimum Gasteiger partial charge on any atom is -0.543 e. The first-order valence-corrected chi connectivity index (χ1v) is 9.52. The highest BCUT2D eigenvalue weighted by atomic mass is 32.2. The van der Waals surface area contributed by atoms with Crippen LogP contribution < -0.4 is 5.11 Å². The Morgan fingerprint density at radius 2 is 1.89 bits per heavy atom. The maximum Gasteiger partial charge on any atom is 0.331 e. The fourth-order valence-electron chi connectivity index (χ4n) is 2.69. The van der Waals surface area contributed by atoms with Crippen molar-refractivity contribution in [1.29, 1.82) is 0 Å². The second-order valence-electron chi connectivity index (χ2n) is 6.99. The molecule has 0 unspecified atom stereocenters. The number of fused-ring (bicyclic) bond motifs is 1. The molecule has 0 aromatic rings. The van der Waals surface area contributed by atoms with Crippen LogP contribution in [-0.4, -0.2) is 60.5 Å². The van der Waals surface area contributed by atoms with Crippen molar-refractivity contribution in [2.24, 2.45) is 0 Å². The standard InChI is InChI=1S/C16H19NO9S/c1-8(18)25-6-9-7-27(23,24)14-10(5-11(19)26-16(2,3)4)13(20)17(14)12(9)15(21)22/h5,14H,6-7H2,1-4H3,(H,21,22)/p-1/b10-5-/t14-/m1/s1. The second kappa shape index (κ2) is 6.80. The number of hydrogen-bond acceptors (Lipinski definition) is 9. The molecule has 2 heterocycles. The number of carbonyl (C=O) groups is 4. The summed E-state index contributed by atoms with van der Waals surface area (Å²) in [4.78, 5) is 47.1. The Bertz CT molecular complexity index is 889. The van der Waals surface area contributed by atoms with E-state index in [4.69, 9.17) is 4.74 Å². The van der Waals surface area contributed by atoms with Gasteiger partial charge < -0.3 is 19.4 Å². The monoisotopic (exact) mass is 400 g/mol. The number of esters is 2. The molecule has 1 fully saturated rings. The summed E-state index contributed by atoms with van der Waals surface area (Å²) in [6.45, 7) is 5.23. The van der Waals surface area contributed by atoms with Crippen molar-refractivity contribution >= 4 is 33.7 Å². The van der Waals surface area contributed by atoms with E-state index >= 15 is 0 Å². The summed E-state index contributed by atoms with van der Waals surface area (Å²) in [5, 5.41) is 9.83. The molecule has 0 aliphatic carbocycles. The number of carbonyl (C=O) groups excluding carboxylic acids is 4. The molecule has 0 radical (unpaired) electrons. The summed E-state index contributed by atoms with van der Waals surface area (Å²) in [7, 11) is -4.07. The van der Waals surface area contributed by atoms with Crippen LogP contribution in [0.2, 0.25) is 0 Å². The number of aliphatic carboxylic acids is 1. The third-order valence-electron chi connectivity index (χ3n) is 3.58. The topological polar surface area (TPSA) is 147 Å². The largest absolute Gasteiger partial charge is 0.543 e. The summed E-state index contributed by atoms with van der Waals surface area (Å²) in [6.07, 6.45) is 0.746. The molecule has 0 N–H and O–H groups in total. The van der Waals surface area contributed by atoms with E-state index < -0.39 is 68.3 Å². The van der Waals surface area contributed by atoms with Gasteiger partial charge in [0.2, 0.25) is 0 Å². The van der Waals surface area contributed by atoms with Crippen LogP contribution >= 0.6 is 0 Å². The highest BCUT2D eigenvalue weighted by molar-refractivity contribution is 7.92. The lowest BCUT2D eigenvalue weighted by molar-refractivity contribution is -0.301. The SMILES string of the molecule is CC(=O)OCC1=C(C(=O)[O-])N2C(=O)/C(=C/C(=O)OC(C)(C)C)[C@H]2S(=O)(=O)C1. The highest BCUT2D eigenvalue weighted by Crippen LogP contribution is 2.39. The number of nitrogens with zero attached hydrogens (tertiary/aromatic N) is 1. The number of amides is 1. The highest BCUT2D eigenvalue weighted by Gasteiger charge is 2.55. The molecular weight excluding hydrogens is 382 g/mol. The first-order chi connectivity index (χ1) is 12.2. The van der Waals surface area contributed by atoms with E-state index in [0.717, 1.165) is 13.0 Å². The van der Waals surface area contributed by atoms with Gasteiger partial charge in [-0.15, -0.1) is 0 Å². The van der Waals surface area contributed by atoms with Gasteiger partial charge in [-0.2, -0.15) is 0 Å². The molecule has 2 aliphatic rings. The van der Waals surface area contributed by atoms with Crippen LogP contribution in [0.3, 0.4) is 0 Å². The molecule has 2 rings (SSSR count). The van der Waals surface area contributed by atoms with E-state index in [9.17, 15) is 32.7 Å². The molecule has 1 atom stereocenters. The van der Waals surface area contributed by atoms with Gasteiger partial charge in [0.05, 0.1) is 23.0 Å². The van der Waals surface area contributed by atoms with E-state index in [2.05, 4.69) is 4.74 Å². The van der Waals surface area contributed by atoms with Gasteiger partial charge in [0.1, 0.15) is 12.2 Å². The molecular formula is C16H18NO9S-. The van der Waals surface area contributed by atoms with Crippen molar-refractivity contribution in [2.45, 2.75) is 38.7 Å². The van der Waals surface area contributed by atoms with Crippen LogP contribution in [0.25, 0.3) is 0 Å². The average Bonchev–Trinajstić information content (AvgIpc) is 2.47. The Labute approximate surface area is 155 Å². The van der Waals surface area contributed by atoms with Gasteiger partial charge in [0.25, 0.3) is 5.91 Å².